The zero-order valence-corrected chi connectivity index (χ0v) is 17.3. The van der Waals surface area contributed by atoms with Gasteiger partial charge in [-0.05, 0) is 86.9 Å². The van der Waals surface area contributed by atoms with Gasteiger partial charge in [0.05, 0.1) is 11.5 Å². The van der Waals surface area contributed by atoms with Crippen molar-refractivity contribution in [1.29, 1.82) is 0 Å². The van der Waals surface area contributed by atoms with Gasteiger partial charge in [0.1, 0.15) is 0 Å². The lowest BCUT2D eigenvalue weighted by atomic mass is 9.60. The molecule has 0 spiro atoms. The summed E-state index contributed by atoms with van der Waals surface area (Å²) in [7, 11) is 0. The molecule has 3 heteroatoms. The maximum Gasteiger partial charge on any atom is 0.309 e. The van der Waals surface area contributed by atoms with E-state index in [1.165, 1.54) is 0 Å². The molecule has 0 bridgehead atoms. The molecule has 3 unspecified atom stereocenters. The van der Waals surface area contributed by atoms with Gasteiger partial charge in [0.2, 0.25) is 0 Å². The molecule has 2 rings (SSSR count). The van der Waals surface area contributed by atoms with Gasteiger partial charge < -0.3 is 10.2 Å². The van der Waals surface area contributed by atoms with Gasteiger partial charge in [0, 0.05) is 0 Å². The van der Waals surface area contributed by atoms with Gasteiger partial charge in [-0.25, -0.2) is 0 Å². The minimum absolute atomic E-state index is 0.0264. The summed E-state index contributed by atoms with van der Waals surface area (Å²) in [5.41, 5.74) is -0.410. The molecule has 0 aliphatic heterocycles. The van der Waals surface area contributed by atoms with Crippen LogP contribution in [-0.2, 0) is 4.79 Å². The van der Waals surface area contributed by atoms with Crippen molar-refractivity contribution in [3.05, 3.63) is 0 Å². The van der Waals surface area contributed by atoms with Crippen molar-refractivity contribution in [3.63, 3.8) is 0 Å². The quantitative estimate of drug-likeness (QED) is 0.686. The number of rotatable bonds is 5. The van der Waals surface area contributed by atoms with E-state index in [-0.39, 0.29) is 11.8 Å². The summed E-state index contributed by atoms with van der Waals surface area (Å²) in [5.74, 6) is -0.930. The van der Waals surface area contributed by atoms with E-state index in [2.05, 4.69) is 34.6 Å². The Labute approximate surface area is 154 Å². The molecule has 2 aliphatic rings. The predicted octanol–water partition coefficient (Wildman–Crippen LogP) is 5.51. The molecule has 25 heavy (non-hydrogen) atoms. The van der Waals surface area contributed by atoms with Crippen LogP contribution in [0.15, 0.2) is 0 Å². The van der Waals surface area contributed by atoms with E-state index >= 15 is 0 Å². The molecule has 0 amide bonds. The maximum absolute atomic E-state index is 12.2. The van der Waals surface area contributed by atoms with Gasteiger partial charge in [-0.3, -0.25) is 4.79 Å². The lowest BCUT2D eigenvalue weighted by Crippen LogP contribution is -2.51. The summed E-state index contributed by atoms with van der Waals surface area (Å²) in [5, 5.41) is 21.3. The number of carbonyl (C=O) groups is 1. The smallest absolute Gasteiger partial charge is 0.309 e. The van der Waals surface area contributed by atoms with Crippen molar-refractivity contribution in [2.75, 3.05) is 0 Å². The van der Waals surface area contributed by atoms with E-state index in [1.807, 2.05) is 0 Å². The van der Waals surface area contributed by atoms with E-state index in [0.717, 1.165) is 51.4 Å². The molecule has 2 saturated carbocycles. The molecule has 3 nitrogen and oxygen atoms in total. The number of aliphatic hydroxyl groups is 1. The van der Waals surface area contributed by atoms with Crippen LogP contribution in [0.25, 0.3) is 0 Å². The Hall–Kier alpha value is -0.570. The third-order valence-electron chi connectivity index (χ3n) is 7.71. The first-order chi connectivity index (χ1) is 11.4. The van der Waals surface area contributed by atoms with Crippen LogP contribution >= 0.6 is 0 Å². The van der Waals surface area contributed by atoms with Crippen molar-refractivity contribution in [2.24, 2.45) is 34.5 Å². The molecule has 0 aromatic carbocycles. The summed E-state index contributed by atoms with van der Waals surface area (Å²) < 4.78 is 0. The average Bonchev–Trinajstić information content (AvgIpc) is 2.45. The summed E-state index contributed by atoms with van der Waals surface area (Å²) in [4.78, 5) is 12.2. The van der Waals surface area contributed by atoms with Gasteiger partial charge in [0.15, 0.2) is 0 Å². The SMILES string of the molecule is CC(C1CCC(C)(C)CC1)C(C(=O)O)C(C)(O)C1CCC(C)(C)CC1. The van der Waals surface area contributed by atoms with E-state index < -0.39 is 17.5 Å². The fourth-order valence-corrected chi connectivity index (χ4v) is 5.46. The van der Waals surface area contributed by atoms with Crippen LogP contribution in [0.2, 0.25) is 0 Å². The number of carboxylic acids is 1. The highest BCUT2D eigenvalue weighted by Crippen LogP contribution is 2.49. The first-order valence-electron chi connectivity index (χ1n) is 10.3. The molecule has 3 atom stereocenters. The van der Waals surface area contributed by atoms with Crippen molar-refractivity contribution < 1.29 is 15.0 Å². The monoisotopic (exact) mass is 352 g/mol. The van der Waals surface area contributed by atoms with Crippen LogP contribution < -0.4 is 0 Å². The van der Waals surface area contributed by atoms with Crippen molar-refractivity contribution in [3.8, 4) is 0 Å². The average molecular weight is 353 g/mol. The van der Waals surface area contributed by atoms with Crippen LogP contribution in [0, 0.1) is 34.5 Å². The molecule has 2 N–H and O–H groups in total. The molecule has 0 aromatic heterocycles. The van der Waals surface area contributed by atoms with Crippen LogP contribution in [0.5, 0.6) is 0 Å². The van der Waals surface area contributed by atoms with Crippen molar-refractivity contribution in [1.82, 2.24) is 0 Å². The number of aliphatic carboxylic acids is 1. The summed E-state index contributed by atoms with van der Waals surface area (Å²) in [6, 6.07) is 0. The highest BCUT2D eigenvalue weighted by molar-refractivity contribution is 5.72. The minimum Gasteiger partial charge on any atom is -0.481 e. The van der Waals surface area contributed by atoms with E-state index in [1.54, 1.807) is 6.92 Å². The standard InChI is InChI=1S/C22H40O3/c1-15(16-7-11-20(2,3)12-8-16)18(19(23)24)22(6,25)17-9-13-21(4,5)14-10-17/h15-18,25H,7-14H2,1-6H3,(H,23,24). The Balaban J connectivity index is 2.12. The highest BCUT2D eigenvalue weighted by Gasteiger charge is 2.49. The minimum atomic E-state index is -1.12. The van der Waals surface area contributed by atoms with Gasteiger partial charge >= 0.3 is 5.97 Å². The topological polar surface area (TPSA) is 57.5 Å². The molecule has 2 fully saturated rings. The first kappa shape index (κ1) is 20.7. The van der Waals surface area contributed by atoms with Crippen LogP contribution in [0.3, 0.4) is 0 Å². The third-order valence-corrected chi connectivity index (χ3v) is 7.71. The zero-order chi connectivity index (χ0) is 19.0. The van der Waals surface area contributed by atoms with Gasteiger partial charge in [-0.1, -0.05) is 34.6 Å². The Morgan fingerprint density at radius 1 is 0.960 bits per heavy atom. The Kier molecular flexibility index (Phi) is 5.98. The largest absolute Gasteiger partial charge is 0.481 e. The molecule has 146 valence electrons. The van der Waals surface area contributed by atoms with E-state index in [9.17, 15) is 15.0 Å². The molecule has 0 heterocycles. The second-order valence-electron chi connectivity index (χ2n) is 10.8. The number of carboxylic acid groups (broad SMARTS) is 1. The molecular weight excluding hydrogens is 312 g/mol. The van der Waals surface area contributed by atoms with Gasteiger partial charge in [-0.2, -0.15) is 0 Å². The predicted molar refractivity (Wildman–Crippen MR) is 102 cm³/mol. The van der Waals surface area contributed by atoms with E-state index in [0.29, 0.717) is 16.7 Å². The molecule has 2 aliphatic carbocycles. The molecule has 0 radical (unpaired) electrons. The lowest BCUT2D eigenvalue weighted by molar-refractivity contribution is -0.165. The third kappa shape index (κ3) is 4.78. The molecule has 0 aromatic rings. The number of hydrogen-bond donors (Lipinski definition) is 2. The van der Waals surface area contributed by atoms with Crippen molar-refractivity contribution >= 4 is 5.97 Å². The fraction of sp³-hybridized carbons (Fsp3) is 0.955. The highest BCUT2D eigenvalue weighted by atomic mass is 16.4. The molecule has 0 saturated heterocycles. The van der Waals surface area contributed by atoms with Crippen LogP contribution in [0.1, 0.15) is 92.9 Å². The van der Waals surface area contributed by atoms with Gasteiger partial charge in [-0.15, -0.1) is 0 Å². The second kappa shape index (κ2) is 7.21. The van der Waals surface area contributed by atoms with Crippen molar-refractivity contribution in [2.45, 2.75) is 98.5 Å². The first-order valence-corrected chi connectivity index (χ1v) is 10.3. The lowest BCUT2D eigenvalue weighted by Gasteiger charge is -2.47. The summed E-state index contributed by atoms with van der Waals surface area (Å²) in [6.45, 7) is 13.0. The number of hydrogen-bond acceptors (Lipinski definition) is 2. The Morgan fingerprint density at radius 3 is 1.76 bits per heavy atom. The normalized spacial score (nSPS) is 29.6. The Bertz CT molecular complexity index is 458. The van der Waals surface area contributed by atoms with E-state index in [4.69, 9.17) is 0 Å². The maximum atomic E-state index is 12.2. The van der Waals surface area contributed by atoms with Crippen LogP contribution in [-0.4, -0.2) is 21.8 Å². The Morgan fingerprint density at radius 2 is 1.36 bits per heavy atom. The fourth-order valence-electron chi connectivity index (χ4n) is 5.46. The summed E-state index contributed by atoms with van der Waals surface area (Å²) in [6.07, 6.45) is 8.53. The summed E-state index contributed by atoms with van der Waals surface area (Å²) >= 11 is 0. The van der Waals surface area contributed by atoms with Crippen LogP contribution in [0.4, 0.5) is 0 Å². The van der Waals surface area contributed by atoms with Gasteiger partial charge in [0.25, 0.3) is 0 Å². The second-order valence-corrected chi connectivity index (χ2v) is 10.8. The molecular formula is C22H40O3. The zero-order valence-electron chi connectivity index (χ0n) is 17.3.